The van der Waals surface area contributed by atoms with E-state index in [0.29, 0.717) is 22.3 Å². The molecule has 0 bridgehead atoms. The molecule has 0 saturated heterocycles. The molecule has 9 heteroatoms. The lowest BCUT2D eigenvalue weighted by Crippen LogP contribution is -2.33. The maximum Gasteiger partial charge on any atom is 0.573 e. The van der Waals surface area contributed by atoms with E-state index in [-0.39, 0.29) is 17.4 Å². The number of anilines is 1. The quantitative estimate of drug-likeness (QED) is 0.424. The summed E-state index contributed by atoms with van der Waals surface area (Å²) in [5.74, 6) is -0.585. The lowest BCUT2D eigenvalue weighted by molar-refractivity contribution is -0.274. The first-order valence-corrected chi connectivity index (χ1v) is 9.57. The molecule has 3 aromatic rings. The van der Waals surface area contributed by atoms with Crippen molar-refractivity contribution >= 4 is 28.7 Å². The minimum Gasteiger partial charge on any atom is -0.406 e. The number of benzene rings is 2. The second-order valence-electron chi connectivity index (χ2n) is 6.96. The molecule has 166 valence electrons. The molecule has 2 N–H and O–H groups in total. The highest BCUT2D eigenvalue weighted by Gasteiger charge is 2.31. The minimum absolute atomic E-state index is 0.285. The van der Waals surface area contributed by atoms with Gasteiger partial charge in [0, 0.05) is 36.9 Å². The van der Waals surface area contributed by atoms with Crippen LogP contribution in [-0.4, -0.2) is 37.6 Å². The molecule has 0 unspecified atom stereocenters. The number of halogens is 3. The average molecular weight is 442 g/mol. The van der Waals surface area contributed by atoms with Gasteiger partial charge in [0.25, 0.3) is 5.91 Å². The summed E-state index contributed by atoms with van der Waals surface area (Å²) in [6.45, 7) is 1.86. The highest BCUT2D eigenvalue weighted by molar-refractivity contribution is 6.07. The molecule has 0 fully saturated rings. The Morgan fingerprint density at radius 3 is 2.53 bits per heavy atom. The van der Waals surface area contributed by atoms with Crippen molar-refractivity contribution in [2.24, 2.45) is 0 Å². The maximum atomic E-state index is 12.6. The fourth-order valence-electron chi connectivity index (χ4n) is 3.29. The van der Waals surface area contributed by atoms with Crippen LogP contribution in [-0.2, 0) is 4.79 Å². The number of likely N-dealkylation sites (N-methyl/N-ethyl adjacent to an activating group) is 2. The summed E-state index contributed by atoms with van der Waals surface area (Å²) in [5, 5.41) is 10.5. The standard InChI is InChI=1S/C23H21F3N4O2/c1-14-12-15(5-9-21(14)30(3)22(31)20(28-2)10-11-27)18-7-4-16-13-17(32-23(24,25)26)6-8-19(16)29-18/h4-13,27-28H,1-3H3/b20-10-,27-11?. The Hall–Kier alpha value is -3.88. The molecule has 0 spiro atoms. The van der Waals surface area contributed by atoms with Gasteiger partial charge in [-0.05, 0) is 55.0 Å². The summed E-state index contributed by atoms with van der Waals surface area (Å²) < 4.78 is 41.2. The zero-order valence-electron chi connectivity index (χ0n) is 17.6. The molecule has 0 saturated carbocycles. The monoisotopic (exact) mass is 442 g/mol. The molecule has 3 rings (SSSR count). The number of carbonyl (C=O) groups excluding carboxylic acids is 1. The molecule has 2 aromatic carbocycles. The Labute approximate surface area is 182 Å². The van der Waals surface area contributed by atoms with Crippen LogP contribution in [0.25, 0.3) is 22.2 Å². The Bertz CT molecular complexity index is 1210. The van der Waals surface area contributed by atoms with Crippen LogP contribution in [0, 0.1) is 12.3 Å². The zero-order chi connectivity index (χ0) is 23.5. The number of alkyl halides is 3. The summed E-state index contributed by atoms with van der Waals surface area (Å²) in [7, 11) is 3.26. The van der Waals surface area contributed by atoms with Gasteiger partial charge in [0.2, 0.25) is 0 Å². The van der Waals surface area contributed by atoms with Gasteiger partial charge in [0.05, 0.1) is 11.2 Å². The smallest absolute Gasteiger partial charge is 0.406 e. The predicted molar refractivity (Wildman–Crippen MR) is 118 cm³/mol. The minimum atomic E-state index is -4.75. The van der Waals surface area contributed by atoms with Crippen LogP contribution >= 0.6 is 0 Å². The van der Waals surface area contributed by atoms with E-state index >= 15 is 0 Å². The van der Waals surface area contributed by atoms with Crippen LogP contribution < -0.4 is 15.0 Å². The van der Waals surface area contributed by atoms with E-state index in [1.165, 1.54) is 29.2 Å². The first-order chi connectivity index (χ1) is 15.1. The van der Waals surface area contributed by atoms with Crippen molar-refractivity contribution in [3.05, 3.63) is 65.9 Å². The lowest BCUT2D eigenvalue weighted by atomic mass is 10.0. The second kappa shape index (κ2) is 9.09. The molecule has 0 atom stereocenters. The fraction of sp³-hybridized carbons (Fsp3) is 0.174. The molecular weight excluding hydrogens is 421 g/mol. The third kappa shape index (κ3) is 5.05. The number of carbonyl (C=O) groups is 1. The van der Waals surface area contributed by atoms with E-state index in [9.17, 15) is 18.0 Å². The topological polar surface area (TPSA) is 78.3 Å². The van der Waals surface area contributed by atoms with Gasteiger partial charge in [-0.1, -0.05) is 12.1 Å². The lowest BCUT2D eigenvalue weighted by Gasteiger charge is -2.21. The van der Waals surface area contributed by atoms with Crippen LogP contribution in [0.2, 0.25) is 0 Å². The number of hydrogen-bond acceptors (Lipinski definition) is 5. The number of ether oxygens (including phenoxy) is 1. The molecule has 0 aliphatic rings. The average Bonchev–Trinajstić information content (AvgIpc) is 2.75. The Morgan fingerprint density at radius 1 is 1.16 bits per heavy atom. The maximum absolute atomic E-state index is 12.6. The van der Waals surface area contributed by atoms with Gasteiger partial charge in [-0.15, -0.1) is 13.2 Å². The van der Waals surface area contributed by atoms with Crippen LogP contribution in [0.3, 0.4) is 0 Å². The SMILES string of the molecule is CN/C(=C\C=N)C(=O)N(C)c1ccc(-c2ccc3cc(OC(F)(F)F)ccc3n2)cc1C. The Balaban J connectivity index is 1.89. The molecule has 1 amide bonds. The van der Waals surface area contributed by atoms with Crippen LogP contribution in [0.5, 0.6) is 5.75 Å². The highest BCUT2D eigenvalue weighted by atomic mass is 19.4. The van der Waals surface area contributed by atoms with Crippen molar-refractivity contribution in [1.82, 2.24) is 10.3 Å². The summed E-state index contributed by atoms with van der Waals surface area (Å²) in [6.07, 6.45) is -2.33. The van der Waals surface area contributed by atoms with Crippen molar-refractivity contribution in [3.8, 4) is 17.0 Å². The largest absolute Gasteiger partial charge is 0.573 e. The van der Waals surface area contributed by atoms with Crippen molar-refractivity contribution in [1.29, 1.82) is 5.41 Å². The summed E-state index contributed by atoms with van der Waals surface area (Å²) in [4.78, 5) is 18.7. The van der Waals surface area contributed by atoms with Crippen molar-refractivity contribution in [2.75, 3.05) is 19.0 Å². The molecule has 1 aromatic heterocycles. The zero-order valence-corrected chi connectivity index (χ0v) is 17.6. The molecule has 6 nitrogen and oxygen atoms in total. The number of allylic oxidation sites excluding steroid dienone is 1. The summed E-state index contributed by atoms with van der Waals surface area (Å²) in [5.41, 5.74) is 3.79. The van der Waals surface area contributed by atoms with E-state index in [1.54, 1.807) is 32.3 Å². The Kier molecular flexibility index (Phi) is 6.47. The van der Waals surface area contributed by atoms with Gasteiger partial charge < -0.3 is 20.4 Å². The number of nitrogens with one attached hydrogen (secondary N) is 2. The fourth-order valence-corrected chi connectivity index (χ4v) is 3.29. The van der Waals surface area contributed by atoms with Gasteiger partial charge in [-0.3, -0.25) is 4.79 Å². The molecule has 0 aliphatic carbocycles. The first kappa shape index (κ1) is 22.8. The predicted octanol–water partition coefficient (Wildman–Crippen LogP) is 4.82. The summed E-state index contributed by atoms with van der Waals surface area (Å²) >= 11 is 0. The molecule has 0 radical (unpaired) electrons. The van der Waals surface area contributed by atoms with Gasteiger partial charge in [0.15, 0.2) is 0 Å². The third-order valence-corrected chi connectivity index (χ3v) is 4.80. The number of aryl methyl sites for hydroxylation is 1. The van der Waals surface area contributed by atoms with Gasteiger partial charge >= 0.3 is 6.36 Å². The molecule has 0 aliphatic heterocycles. The number of fused-ring (bicyclic) bond motifs is 1. The number of aromatic nitrogens is 1. The van der Waals surface area contributed by atoms with E-state index in [1.807, 2.05) is 19.1 Å². The highest BCUT2D eigenvalue weighted by Crippen LogP contribution is 2.30. The molecule has 1 heterocycles. The summed E-state index contributed by atoms with van der Waals surface area (Å²) in [6, 6.07) is 12.9. The van der Waals surface area contributed by atoms with E-state index in [2.05, 4.69) is 15.0 Å². The van der Waals surface area contributed by atoms with Gasteiger partial charge in [-0.2, -0.15) is 0 Å². The number of rotatable bonds is 6. The second-order valence-corrected chi connectivity index (χ2v) is 6.96. The van der Waals surface area contributed by atoms with Gasteiger partial charge in [0.1, 0.15) is 11.4 Å². The van der Waals surface area contributed by atoms with Crippen molar-refractivity contribution < 1.29 is 22.7 Å². The third-order valence-electron chi connectivity index (χ3n) is 4.80. The number of amides is 1. The molecular formula is C23H21F3N4O2. The van der Waals surface area contributed by atoms with Crippen molar-refractivity contribution in [3.63, 3.8) is 0 Å². The first-order valence-electron chi connectivity index (χ1n) is 9.57. The van der Waals surface area contributed by atoms with Crippen LogP contribution in [0.15, 0.2) is 60.3 Å². The van der Waals surface area contributed by atoms with E-state index < -0.39 is 6.36 Å². The van der Waals surface area contributed by atoms with Crippen LogP contribution in [0.1, 0.15) is 5.56 Å². The van der Waals surface area contributed by atoms with Crippen LogP contribution in [0.4, 0.5) is 18.9 Å². The number of nitrogens with zero attached hydrogens (tertiary/aromatic N) is 2. The van der Waals surface area contributed by atoms with E-state index in [4.69, 9.17) is 5.41 Å². The molecule has 32 heavy (non-hydrogen) atoms. The normalized spacial score (nSPS) is 11.9. The van der Waals surface area contributed by atoms with Crippen molar-refractivity contribution in [2.45, 2.75) is 13.3 Å². The Morgan fingerprint density at radius 2 is 1.91 bits per heavy atom. The number of hydrogen-bond donors (Lipinski definition) is 2. The van der Waals surface area contributed by atoms with Gasteiger partial charge in [-0.25, -0.2) is 4.98 Å². The van der Waals surface area contributed by atoms with E-state index in [0.717, 1.165) is 17.3 Å². The number of pyridine rings is 1.